The van der Waals surface area contributed by atoms with Gasteiger partial charge in [-0.3, -0.25) is 0 Å². The first kappa shape index (κ1) is 13.1. The van der Waals surface area contributed by atoms with Crippen molar-refractivity contribution in [3.8, 4) is 0 Å². The minimum atomic E-state index is -1.55. The Morgan fingerprint density at radius 3 is 1.11 bits per heavy atom. The quantitative estimate of drug-likeness (QED) is 0.549. The van der Waals surface area contributed by atoms with E-state index in [9.17, 15) is 0 Å². The molecule has 0 amide bonds. The van der Waals surface area contributed by atoms with Crippen LogP contribution in [0.15, 0.2) is 0 Å². The summed E-state index contributed by atoms with van der Waals surface area (Å²) in [6.07, 6.45) is 0. The van der Waals surface area contributed by atoms with Gasteiger partial charge in [0.25, 0.3) is 0 Å². The maximum Gasteiger partial charge on any atom is 0.220 e. The number of hydrogen-bond acceptors (Lipinski definition) is 0. The molecule has 0 aliphatic rings. The normalized spacial score (nSPS) is 10.7. The molecule has 0 N–H and O–H groups in total. The molecule has 0 aromatic rings. The fraction of sp³-hybridized carbons (Fsp3) is 1.00. The Morgan fingerprint density at radius 2 is 1.11 bits per heavy atom. The average Bonchev–Trinajstić information content (AvgIpc) is 1.69. The first-order valence-corrected chi connectivity index (χ1v) is 4.30. The Balaban J connectivity index is 0. The monoisotopic (exact) mass is 230 g/mol. The molecule has 9 heavy (non-hydrogen) atoms. The number of rotatable bonds is 0. The van der Waals surface area contributed by atoms with E-state index >= 15 is 0 Å². The van der Waals surface area contributed by atoms with E-state index in [0.717, 1.165) is 0 Å². The lowest BCUT2D eigenvalue weighted by Gasteiger charge is -2.09. The van der Waals surface area contributed by atoms with Gasteiger partial charge in [-0.15, -0.1) is 23.2 Å². The predicted octanol–water partition coefficient (Wildman–Crippen LogP) is 4.19. The van der Waals surface area contributed by atoms with Gasteiger partial charge in [0.1, 0.15) is 0 Å². The van der Waals surface area contributed by atoms with Crippen LogP contribution in [0.2, 0.25) is 0 Å². The van der Waals surface area contributed by atoms with Crippen LogP contribution in [0.1, 0.15) is 13.8 Å². The zero-order valence-electron chi connectivity index (χ0n) is 4.97. The third-order valence-electron chi connectivity index (χ3n) is 0.247. The summed E-state index contributed by atoms with van der Waals surface area (Å²) in [5.41, 5.74) is 0. The molecule has 0 nitrogen and oxygen atoms in total. The molecular weight excluding hydrogens is 225 g/mol. The fourth-order valence-corrected chi connectivity index (χ4v) is 0. The highest BCUT2D eigenvalue weighted by Gasteiger charge is 2.28. The molecule has 0 saturated carbocycles. The molecule has 5 heteroatoms. The lowest BCUT2D eigenvalue weighted by Crippen LogP contribution is -2.11. The Morgan fingerprint density at radius 1 is 1.00 bits per heavy atom. The molecule has 0 radical (unpaired) electrons. The van der Waals surface area contributed by atoms with Crippen LogP contribution in [0.5, 0.6) is 0 Å². The van der Waals surface area contributed by atoms with Gasteiger partial charge >= 0.3 is 0 Å². The van der Waals surface area contributed by atoms with Gasteiger partial charge in [-0.1, -0.05) is 48.7 Å². The first-order valence-electron chi connectivity index (χ1n) is 2.29. The standard InChI is InChI=1S/C2HCl5.C2H6/c3-1(4)2(5,6)7;1-2/h1H;1-2H3. The van der Waals surface area contributed by atoms with Gasteiger partial charge in [0.05, 0.1) is 0 Å². The number of hydrogen-bond donors (Lipinski definition) is 0. The highest BCUT2D eigenvalue weighted by atomic mass is 35.6. The van der Waals surface area contributed by atoms with E-state index in [2.05, 4.69) is 0 Å². The molecule has 58 valence electrons. The van der Waals surface area contributed by atoms with Crippen molar-refractivity contribution in [2.24, 2.45) is 0 Å². The summed E-state index contributed by atoms with van der Waals surface area (Å²) in [7, 11) is 0. The van der Waals surface area contributed by atoms with Crippen LogP contribution in [0.4, 0.5) is 0 Å². The SMILES string of the molecule is CC.ClC(Cl)C(Cl)(Cl)Cl. The molecule has 0 aromatic heterocycles. The van der Waals surface area contributed by atoms with Gasteiger partial charge < -0.3 is 0 Å². The van der Waals surface area contributed by atoms with Crippen LogP contribution < -0.4 is 0 Å². The van der Waals surface area contributed by atoms with Crippen LogP contribution in [-0.2, 0) is 0 Å². The second kappa shape index (κ2) is 6.18. The van der Waals surface area contributed by atoms with E-state index in [1.807, 2.05) is 13.8 Å². The van der Waals surface area contributed by atoms with Crippen molar-refractivity contribution in [3.63, 3.8) is 0 Å². The Kier molecular flexibility index (Phi) is 8.97. The first-order chi connectivity index (χ1) is 3.94. The van der Waals surface area contributed by atoms with E-state index in [0.29, 0.717) is 0 Å². The summed E-state index contributed by atoms with van der Waals surface area (Å²) in [5.74, 6) is 0. The lowest BCUT2D eigenvalue weighted by molar-refractivity contribution is 1.19. The van der Waals surface area contributed by atoms with Crippen molar-refractivity contribution in [2.45, 2.75) is 22.5 Å². The van der Waals surface area contributed by atoms with Gasteiger partial charge in [0.2, 0.25) is 3.79 Å². The minimum absolute atomic E-state index is 0.961. The smallest absolute Gasteiger partial charge is 0.101 e. The second-order valence-electron chi connectivity index (χ2n) is 0.842. The van der Waals surface area contributed by atoms with Gasteiger partial charge in [0, 0.05) is 0 Å². The Hall–Kier alpha value is 1.45. The number of alkyl halides is 5. The molecule has 0 fully saturated rings. The van der Waals surface area contributed by atoms with Gasteiger partial charge in [-0.2, -0.15) is 0 Å². The van der Waals surface area contributed by atoms with E-state index in [1.54, 1.807) is 0 Å². The van der Waals surface area contributed by atoms with Gasteiger partial charge in [-0.05, 0) is 0 Å². The van der Waals surface area contributed by atoms with Crippen LogP contribution in [-0.4, -0.2) is 8.63 Å². The van der Waals surface area contributed by atoms with E-state index in [1.165, 1.54) is 0 Å². The van der Waals surface area contributed by atoms with Crippen molar-refractivity contribution in [2.75, 3.05) is 0 Å². The molecule has 0 bridgehead atoms. The topological polar surface area (TPSA) is 0 Å². The van der Waals surface area contributed by atoms with E-state index in [4.69, 9.17) is 58.0 Å². The van der Waals surface area contributed by atoms with Crippen LogP contribution in [0.3, 0.4) is 0 Å². The largest absolute Gasteiger partial charge is 0.220 e. The molecule has 0 aliphatic heterocycles. The molecular formula is C4H7Cl5. The third kappa shape index (κ3) is 9.45. The maximum atomic E-state index is 5.14. The number of halogens is 5. The van der Waals surface area contributed by atoms with Gasteiger partial charge in [0.15, 0.2) is 4.84 Å². The molecule has 0 rings (SSSR count). The Labute approximate surface area is 80.4 Å². The summed E-state index contributed by atoms with van der Waals surface area (Å²) in [4.78, 5) is -0.961. The second-order valence-corrected chi connectivity index (χ2v) is 4.31. The zero-order chi connectivity index (χ0) is 8.08. The highest BCUT2D eigenvalue weighted by Crippen LogP contribution is 2.35. The van der Waals surface area contributed by atoms with Crippen molar-refractivity contribution in [1.82, 2.24) is 0 Å². The molecule has 0 heterocycles. The van der Waals surface area contributed by atoms with Crippen LogP contribution in [0.25, 0.3) is 0 Å². The van der Waals surface area contributed by atoms with Crippen LogP contribution in [0, 0.1) is 0 Å². The fourth-order valence-electron chi connectivity index (χ4n) is 0. The third-order valence-corrected chi connectivity index (χ3v) is 2.23. The van der Waals surface area contributed by atoms with E-state index < -0.39 is 8.63 Å². The molecule has 0 atom stereocenters. The highest BCUT2D eigenvalue weighted by molar-refractivity contribution is 6.73. The van der Waals surface area contributed by atoms with Crippen molar-refractivity contribution in [1.29, 1.82) is 0 Å². The predicted molar refractivity (Wildman–Crippen MR) is 47.1 cm³/mol. The molecule has 0 saturated heterocycles. The van der Waals surface area contributed by atoms with Gasteiger partial charge in [-0.25, -0.2) is 0 Å². The summed E-state index contributed by atoms with van der Waals surface area (Å²) in [5, 5.41) is 0. The summed E-state index contributed by atoms with van der Waals surface area (Å²) >= 11 is 25.7. The summed E-state index contributed by atoms with van der Waals surface area (Å²) < 4.78 is -1.55. The van der Waals surface area contributed by atoms with Crippen molar-refractivity contribution < 1.29 is 0 Å². The molecule has 0 unspecified atom stereocenters. The average molecular weight is 232 g/mol. The van der Waals surface area contributed by atoms with Crippen LogP contribution >= 0.6 is 58.0 Å². The molecule has 0 spiro atoms. The van der Waals surface area contributed by atoms with Crippen molar-refractivity contribution >= 4 is 58.0 Å². The minimum Gasteiger partial charge on any atom is -0.101 e. The molecule has 0 aromatic carbocycles. The van der Waals surface area contributed by atoms with Crippen molar-refractivity contribution in [3.05, 3.63) is 0 Å². The summed E-state index contributed by atoms with van der Waals surface area (Å²) in [6, 6.07) is 0. The Bertz CT molecular complexity index is 54.5. The lowest BCUT2D eigenvalue weighted by atomic mass is 10.9. The molecule has 0 aliphatic carbocycles. The van der Waals surface area contributed by atoms with E-state index in [-0.39, 0.29) is 0 Å². The maximum absolute atomic E-state index is 5.14. The summed E-state index contributed by atoms with van der Waals surface area (Å²) in [6.45, 7) is 4.00. The zero-order valence-corrected chi connectivity index (χ0v) is 8.75.